The fourth-order valence-corrected chi connectivity index (χ4v) is 2.32. The normalized spacial score (nSPS) is 19.4. The van der Waals surface area contributed by atoms with Gasteiger partial charge in [0.2, 0.25) is 0 Å². The fourth-order valence-electron chi connectivity index (χ4n) is 2.32. The Bertz CT molecular complexity index is 448. The Morgan fingerprint density at radius 1 is 1.11 bits per heavy atom. The number of phenols is 1. The van der Waals surface area contributed by atoms with Crippen LogP contribution in [0.4, 0.5) is 10.5 Å². The highest BCUT2D eigenvalue weighted by atomic mass is 16.3. The number of nitrogens with one attached hydrogen (secondary N) is 1. The highest BCUT2D eigenvalue weighted by Crippen LogP contribution is 2.21. The molecule has 102 valence electrons. The molecule has 1 aromatic rings. The van der Waals surface area contributed by atoms with Crippen LogP contribution in [0.1, 0.15) is 12.8 Å². The highest BCUT2D eigenvalue weighted by molar-refractivity contribution is 5.75. The number of benzene rings is 1. The minimum atomic E-state index is 0.0767. The van der Waals surface area contributed by atoms with Crippen molar-refractivity contribution < 1.29 is 9.90 Å². The number of phenolic OH excluding ortho intramolecular Hbond substituents is 1. The molecule has 1 aliphatic carbocycles. The van der Waals surface area contributed by atoms with E-state index in [1.165, 1.54) is 0 Å². The largest absolute Gasteiger partial charge is 0.508 e. The maximum atomic E-state index is 11.9. The number of urea groups is 1. The van der Waals surface area contributed by atoms with Crippen molar-refractivity contribution in [3.8, 4) is 5.75 Å². The van der Waals surface area contributed by atoms with E-state index in [1.54, 1.807) is 12.1 Å². The zero-order valence-electron chi connectivity index (χ0n) is 10.9. The number of aromatic hydroxyl groups is 1. The van der Waals surface area contributed by atoms with E-state index in [9.17, 15) is 9.90 Å². The third-order valence-corrected chi connectivity index (χ3v) is 3.69. The molecule has 2 aliphatic rings. The van der Waals surface area contributed by atoms with Crippen molar-refractivity contribution >= 4 is 11.7 Å². The average Bonchev–Trinajstić information content (AvgIpc) is 3.24. The Balaban J connectivity index is 1.53. The van der Waals surface area contributed by atoms with Crippen LogP contribution in [-0.2, 0) is 0 Å². The van der Waals surface area contributed by atoms with Gasteiger partial charge in [-0.05, 0) is 37.1 Å². The molecule has 0 aromatic heterocycles. The zero-order valence-corrected chi connectivity index (χ0v) is 10.9. The number of piperazine rings is 1. The number of anilines is 1. The van der Waals surface area contributed by atoms with Crippen LogP contribution in [0.3, 0.4) is 0 Å². The van der Waals surface area contributed by atoms with Gasteiger partial charge in [-0.15, -0.1) is 0 Å². The molecule has 1 heterocycles. The van der Waals surface area contributed by atoms with Gasteiger partial charge >= 0.3 is 6.03 Å². The van der Waals surface area contributed by atoms with E-state index in [1.807, 2.05) is 17.0 Å². The van der Waals surface area contributed by atoms with Gasteiger partial charge in [-0.2, -0.15) is 0 Å². The molecule has 2 fully saturated rings. The Morgan fingerprint density at radius 2 is 1.74 bits per heavy atom. The van der Waals surface area contributed by atoms with Crippen molar-refractivity contribution in [1.29, 1.82) is 0 Å². The topological polar surface area (TPSA) is 55.8 Å². The van der Waals surface area contributed by atoms with Gasteiger partial charge < -0.3 is 20.2 Å². The second kappa shape index (κ2) is 4.99. The third kappa shape index (κ3) is 2.92. The summed E-state index contributed by atoms with van der Waals surface area (Å²) in [5, 5.41) is 12.3. The standard InChI is InChI=1S/C14H19N3O2/c18-13-5-3-12(4-6-13)16-7-9-17(10-8-16)14(19)15-11-1-2-11/h3-6,11,18H,1-2,7-10H2,(H,15,19). The lowest BCUT2D eigenvalue weighted by Gasteiger charge is -2.36. The molecule has 3 rings (SSSR count). The summed E-state index contributed by atoms with van der Waals surface area (Å²) in [6, 6.07) is 7.71. The molecule has 0 atom stereocenters. The van der Waals surface area contributed by atoms with E-state index >= 15 is 0 Å². The van der Waals surface area contributed by atoms with E-state index in [0.717, 1.165) is 44.7 Å². The lowest BCUT2D eigenvalue weighted by Crippen LogP contribution is -2.52. The minimum Gasteiger partial charge on any atom is -0.508 e. The van der Waals surface area contributed by atoms with Crippen LogP contribution in [0, 0.1) is 0 Å². The van der Waals surface area contributed by atoms with Gasteiger partial charge in [-0.1, -0.05) is 0 Å². The van der Waals surface area contributed by atoms with Gasteiger partial charge in [0.25, 0.3) is 0 Å². The first-order valence-electron chi connectivity index (χ1n) is 6.82. The van der Waals surface area contributed by atoms with Gasteiger partial charge in [-0.25, -0.2) is 4.79 Å². The molecule has 0 radical (unpaired) electrons. The molecule has 0 unspecified atom stereocenters. The van der Waals surface area contributed by atoms with Gasteiger partial charge in [0.1, 0.15) is 5.75 Å². The van der Waals surface area contributed by atoms with Gasteiger partial charge in [0.15, 0.2) is 0 Å². The summed E-state index contributed by atoms with van der Waals surface area (Å²) in [5.74, 6) is 0.284. The number of hydrogen-bond donors (Lipinski definition) is 2. The lowest BCUT2D eigenvalue weighted by molar-refractivity contribution is 0.194. The summed E-state index contributed by atoms with van der Waals surface area (Å²) in [6.45, 7) is 3.17. The van der Waals surface area contributed by atoms with E-state index in [2.05, 4.69) is 10.2 Å². The number of rotatable bonds is 2. The summed E-state index contributed by atoms with van der Waals surface area (Å²) in [4.78, 5) is 16.0. The SMILES string of the molecule is O=C(NC1CC1)N1CCN(c2ccc(O)cc2)CC1. The van der Waals surface area contributed by atoms with Crippen molar-refractivity contribution in [3.05, 3.63) is 24.3 Å². The van der Waals surface area contributed by atoms with Crippen molar-refractivity contribution in [3.63, 3.8) is 0 Å². The van der Waals surface area contributed by atoms with Crippen LogP contribution < -0.4 is 10.2 Å². The summed E-state index contributed by atoms with van der Waals surface area (Å²) >= 11 is 0. The molecule has 5 nitrogen and oxygen atoms in total. The zero-order chi connectivity index (χ0) is 13.2. The summed E-state index contributed by atoms with van der Waals surface area (Å²) in [7, 11) is 0. The Labute approximate surface area is 112 Å². The molecule has 19 heavy (non-hydrogen) atoms. The van der Waals surface area contributed by atoms with Crippen molar-refractivity contribution in [2.75, 3.05) is 31.1 Å². The molecule has 2 N–H and O–H groups in total. The smallest absolute Gasteiger partial charge is 0.317 e. The number of nitrogens with zero attached hydrogens (tertiary/aromatic N) is 2. The second-order valence-electron chi connectivity index (χ2n) is 5.21. The van der Waals surface area contributed by atoms with Crippen LogP contribution in [0.25, 0.3) is 0 Å². The summed E-state index contributed by atoms with van der Waals surface area (Å²) in [5.41, 5.74) is 1.10. The minimum absolute atomic E-state index is 0.0767. The van der Waals surface area contributed by atoms with Crippen LogP contribution in [0.2, 0.25) is 0 Å². The van der Waals surface area contributed by atoms with Crippen LogP contribution in [-0.4, -0.2) is 48.3 Å². The number of hydrogen-bond acceptors (Lipinski definition) is 3. The molecule has 0 spiro atoms. The predicted molar refractivity (Wildman–Crippen MR) is 73.4 cm³/mol. The lowest BCUT2D eigenvalue weighted by atomic mass is 10.2. The fraction of sp³-hybridized carbons (Fsp3) is 0.500. The first kappa shape index (κ1) is 12.1. The van der Waals surface area contributed by atoms with Gasteiger partial charge in [0, 0.05) is 37.9 Å². The van der Waals surface area contributed by atoms with Crippen molar-refractivity contribution in [2.24, 2.45) is 0 Å². The molecule has 1 aromatic carbocycles. The van der Waals surface area contributed by atoms with Crippen molar-refractivity contribution in [2.45, 2.75) is 18.9 Å². The van der Waals surface area contributed by atoms with Crippen LogP contribution >= 0.6 is 0 Å². The number of carbonyl (C=O) groups is 1. The Morgan fingerprint density at radius 3 is 2.32 bits per heavy atom. The quantitative estimate of drug-likeness (QED) is 0.846. The Kier molecular flexibility index (Phi) is 3.19. The molecular weight excluding hydrogens is 242 g/mol. The first-order valence-corrected chi connectivity index (χ1v) is 6.82. The molecule has 1 saturated carbocycles. The van der Waals surface area contributed by atoms with E-state index in [-0.39, 0.29) is 11.8 Å². The highest BCUT2D eigenvalue weighted by Gasteiger charge is 2.27. The van der Waals surface area contributed by atoms with Gasteiger partial charge in [0.05, 0.1) is 0 Å². The molecule has 1 saturated heterocycles. The molecule has 0 bridgehead atoms. The van der Waals surface area contributed by atoms with E-state index in [4.69, 9.17) is 0 Å². The Hall–Kier alpha value is -1.91. The number of carbonyl (C=O) groups excluding carboxylic acids is 1. The van der Waals surface area contributed by atoms with Gasteiger partial charge in [-0.3, -0.25) is 0 Å². The summed E-state index contributed by atoms with van der Waals surface area (Å²) < 4.78 is 0. The maximum absolute atomic E-state index is 11.9. The van der Waals surface area contributed by atoms with Crippen molar-refractivity contribution in [1.82, 2.24) is 10.2 Å². The predicted octanol–water partition coefficient (Wildman–Crippen LogP) is 1.39. The third-order valence-electron chi connectivity index (χ3n) is 3.69. The summed E-state index contributed by atoms with van der Waals surface area (Å²) in [6.07, 6.45) is 2.25. The molecular formula is C14H19N3O2. The molecule has 2 amide bonds. The van der Waals surface area contributed by atoms with E-state index in [0.29, 0.717) is 6.04 Å². The first-order chi connectivity index (χ1) is 9.22. The number of amides is 2. The maximum Gasteiger partial charge on any atom is 0.317 e. The molecule has 1 aliphatic heterocycles. The second-order valence-corrected chi connectivity index (χ2v) is 5.21. The van der Waals surface area contributed by atoms with Crippen LogP contribution in [0.5, 0.6) is 5.75 Å². The molecule has 5 heteroatoms. The monoisotopic (exact) mass is 261 g/mol. The average molecular weight is 261 g/mol. The van der Waals surface area contributed by atoms with E-state index < -0.39 is 0 Å². The van der Waals surface area contributed by atoms with Crippen LogP contribution in [0.15, 0.2) is 24.3 Å².